The average Bonchev–Trinajstić information content (AvgIpc) is 3.13. The third-order valence-corrected chi connectivity index (χ3v) is 5.70. The Kier molecular flexibility index (Phi) is 6.52. The van der Waals surface area contributed by atoms with E-state index in [9.17, 15) is 9.18 Å². The van der Waals surface area contributed by atoms with Gasteiger partial charge in [-0.05, 0) is 41.8 Å². The van der Waals surface area contributed by atoms with Gasteiger partial charge in [-0.1, -0.05) is 47.4 Å². The lowest BCUT2D eigenvalue weighted by Crippen LogP contribution is -2.12. The number of aromatic nitrogens is 2. The third kappa shape index (κ3) is 5.88. The number of nitriles is 1. The van der Waals surface area contributed by atoms with Crippen LogP contribution in [0.2, 0.25) is 0 Å². The number of hydrogen-bond donors (Lipinski definition) is 1. The number of thioether (sulfide) groups is 1. The Morgan fingerprint density at radius 1 is 1.11 bits per heavy atom. The lowest BCUT2D eigenvalue weighted by molar-refractivity contribution is -0.116. The molecule has 1 aromatic heterocycles. The summed E-state index contributed by atoms with van der Waals surface area (Å²) >= 11 is 2.84. The van der Waals surface area contributed by atoms with Crippen LogP contribution in [-0.4, -0.2) is 16.1 Å². The fraction of sp³-hybridized carbons (Fsp3) is 0.158. The highest BCUT2D eigenvalue weighted by atomic mass is 32.2. The number of amides is 1. The second kappa shape index (κ2) is 9.26. The highest BCUT2D eigenvalue weighted by molar-refractivity contribution is 8.00. The van der Waals surface area contributed by atoms with Crippen LogP contribution in [0.3, 0.4) is 0 Å². The molecule has 0 aliphatic rings. The van der Waals surface area contributed by atoms with Crippen molar-refractivity contribution in [2.45, 2.75) is 22.9 Å². The van der Waals surface area contributed by atoms with Gasteiger partial charge < -0.3 is 5.32 Å². The van der Waals surface area contributed by atoms with E-state index in [-0.39, 0.29) is 11.7 Å². The van der Waals surface area contributed by atoms with E-state index in [0.29, 0.717) is 29.3 Å². The number of nitrogens with one attached hydrogen (secondary N) is 1. The first-order chi connectivity index (χ1) is 13.1. The third-order valence-electron chi connectivity index (χ3n) is 3.65. The van der Waals surface area contributed by atoms with Gasteiger partial charge in [0.05, 0.1) is 11.6 Å². The molecule has 0 aliphatic carbocycles. The molecule has 0 radical (unpaired) electrons. The monoisotopic (exact) mass is 398 g/mol. The van der Waals surface area contributed by atoms with Gasteiger partial charge >= 0.3 is 0 Å². The Bertz CT molecular complexity index is 949. The molecule has 8 heteroatoms. The van der Waals surface area contributed by atoms with Crippen LogP contribution in [0, 0.1) is 17.1 Å². The molecule has 0 bridgehead atoms. The standard InChI is InChI=1S/C19H15FN4OS2/c20-16-8-5-13(6-9-16)7-10-17(25)22-18-23-24-19(27-18)26-12-15-3-1-14(11-21)2-4-15/h1-6,8-9H,7,10,12H2,(H,22,23,25). The SMILES string of the molecule is N#Cc1ccc(CSc2nnc(NC(=O)CCc3ccc(F)cc3)s2)cc1. The van der Waals surface area contributed by atoms with Crippen molar-refractivity contribution in [2.24, 2.45) is 0 Å². The number of anilines is 1. The Morgan fingerprint density at radius 2 is 1.81 bits per heavy atom. The highest BCUT2D eigenvalue weighted by Gasteiger charge is 2.09. The van der Waals surface area contributed by atoms with Crippen molar-refractivity contribution in [1.82, 2.24) is 10.2 Å². The Hall–Kier alpha value is -2.76. The van der Waals surface area contributed by atoms with Crippen molar-refractivity contribution < 1.29 is 9.18 Å². The Morgan fingerprint density at radius 3 is 2.52 bits per heavy atom. The molecule has 0 saturated heterocycles. The fourth-order valence-electron chi connectivity index (χ4n) is 2.23. The van der Waals surface area contributed by atoms with E-state index in [0.717, 1.165) is 15.5 Å². The molecule has 3 aromatic rings. The summed E-state index contributed by atoms with van der Waals surface area (Å²) in [4.78, 5) is 12.0. The predicted octanol–water partition coefficient (Wildman–Crippen LogP) is 4.41. The molecular formula is C19H15FN4OS2. The maximum atomic E-state index is 12.9. The Balaban J connectivity index is 1.46. The summed E-state index contributed by atoms with van der Waals surface area (Å²) in [7, 11) is 0. The molecule has 0 unspecified atom stereocenters. The van der Waals surface area contributed by atoms with E-state index in [1.807, 2.05) is 12.1 Å². The molecule has 2 aromatic carbocycles. The van der Waals surface area contributed by atoms with Crippen molar-refractivity contribution >= 4 is 34.1 Å². The zero-order valence-corrected chi connectivity index (χ0v) is 15.8. The fourth-order valence-corrected chi connectivity index (χ4v) is 3.95. The zero-order valence-electron chi connectivity index (χ0n) is 14.2. The summed E-state index contributed by atoms with van der Waals surface area (Å²) in [6.07, 6.45) is 0.824. The molecule has 27 heavy (non-hydrogen) atoms. The second-order valence-electron chi connectivity index (χ2n) is 5.65. The molecule has 136 valence electrons. The summed E-state index contributed by atoms with van der Waals surface area (Å²) in [5.74, 6) is 0.265. The molecule has 0 fully saturated rings. The van der Waals surface area contributed by atoms with Gasteiger partial charge in [-0.25, -0.2) is 4.39 Å². The highest BCUT2D eigenvalue weighted by Crippen LogP contribution is 2.28. The van der Waals surface area contributed by atoms with Gasteiger partial charge in [0.15, 0.2) is 4.34 Å². The smallest absolute Gasteiger partial charge is 0.226 e. The van der Waals surface area contributed by atoms with Crippen LogP contribution in [0.4, 0.5) is 9.52 Å². The lowest BCUT2D eigenvalue weighted by atomic mass is 10.1. The van der Waals surface area contributed by atoms with E-state index in [1.165, 1.54) is 35.2 Å². The van der Waals surface area contributed by atoms with Crippen LogP contribution in [0.1, 0.15) is 23.1 Å². The van der Waals surface area contributed by atoms with Crippen LogP contribution in [0.5, 0.6) is 0 Å². The summed E-state index contributed by atoms with van der Waals surface area (Å²) < 4.78 is 13.6. The Labute approximate surface area is 164 Å². The molecule has 0 saturated carbocycles. The molecule has 0 aliphatic heterocycles. The molecule has 0 atom stereocenters. The van der Waals surface area contributed by atoms with Gasteiger partial charge in [-0.2, -0.15) is 5.26 Å². The first-order valence-electron chi connectivity index (χ1n) is 8.12. The van der Waals surface area contributed by atoms with Crippen molar-refractivity contribution in [3.05, 3.63) is 71.0 Å². The maximum Gasteiger partial charge on any atom is 0.226 e. The topological polar surface area (TPSA) is 78.7 Å². The zero-order chi connectivity index (χ0) is 19.1. The number of nitrogens with zero attached hydrogens (tertiary/aromatic N) is 3. The van der Waals surface area contributed by atoms with Crippen LogP contribution in [0.25, 0.3) is 0 Å². The minimum Gasteiger partial charge on any atom is -0.300 e. The second-order valence-corrected chi connectivity index (χ2v) is 7.85. The number of hydrogen-bond acceptors (Lipinski definition) is 6. The van der Waals surface area contributed by atoms with E-state index in [1.54, 1.807) is 24.3 Å². The first kappa shape index (κ1) is 19.0. The minimum atomic E-state index is -0.289. The largest absolute Gasteiger partial charge is 0.300 e. The molecule has 0 spiro atoms. The average molecular weight is 398 g/mol. The summed E-state index contributed by atoms with van der Waals surface area (Å²) in [6, 6.07) is 15.6. The molecule has 3 rings (SSSR count). The number of benzene rings is 2. The number of carbonyl (C=O) groups excluding carboxylic acids is 1. The van der Waals surface area contributed by atoms with Gasteiger partial charge in [-0.15, -0.1) is 10.2 Å². The van der Waals surface area contributed by atoms with Crippen molar-refractivity contribution in [2.75, 3.05) is 5.32 Å². The van der Waals surface area contributed by atoms with Crippen molar-refractivity contribution in [1.29, 1.82) is 5.26 Å². The molecule has 1 N–H and O–H groups in total. The van der Waals surface area contributed by atoms with Gasteiger partial charge in [0, 0.05) is 12.2 Å². The molecule has 5 nitrogen and oxygen atoms in total. The van der Waals surface area contributed by atoms with E-state index in [2.05, 4.69) is 21.6 Å². The first-order valence-corrected chi connectivity index (χ1v) is 9.92. The number of rotatable bonds is 7. The molecule has 1 heterocycles. The normalized spacial score (nSPS) is 10.4. The molecule has 1 amide bonds. The van der Waals surface area contributed by atoms with Crippen LogP contribution >= 0.6 is 23.1 Å². The van der Waals surface area contributed by atoms with Crippen molar-refractivity contribution in [3.63, 3.8) is 0 Å². The van der Waals surface area contributed by atoms with Gasteiger partial charge in [-0.3, -0.25) is 4.79 Å². The van der Waals surface area contributed by atoms with Crippen LogP contribution in [-0.2, 0) is 17.0 Å². The minimum absolute atomic E-state index is 0.154. The van der Waals surface area contributed by atoms with Gasteiger partial charge in [0.1, 0.15) is 5.82 Å². The number of carbonyl (C=O) groups is 1. The maximum absolute atomic E-state index is 12.9. The van der Waals surface area contributed by atoms with Crippen LogP contribution < -0.4 is 5.32 Å². The van der Waals surface area contributed by atoms with Gasteiger partial charge in [0.2, 0.25) is 11.0 Å². The van der Waals surface area contributed by atoms with Crippen molar-refractivity contribution in [3.8, 4) is 6.07 Å². The quantitative estimate of drug-likeness (QED) is 0.471. The van der Waals surface area contributed by atoms with E-state index in [4.69, 9.17) is 5.26 Å². The summed E-state index contributed by atoms with van der Waals surface area (Å²) in [5, 5.41) is 20.1. The summed E-state index contributed by atoms with van der Waals surface area (Å²) in [5.41, 5.74) is 2.62. The van der Waals surface area contributed by atoms with Crippen LogP contribution in [0.15, 0.2) is 52.9 Å². The number of halogens is 1. The number of aryl methyl sites for hydroxylation is 1. The molecular weight excluding hydrogens is 383 g/mol. The summed E-state index contributed by atoms with van der Waals surface area (Å²) in [6.45, 7) is 0. The van der Waals surface area contributed by atoms with E-state index < -0.39 is 0 Å². The van der Waals surface area contributed by atoms with Gasteiger partial charge in [0.25, 0.3) is 0 Å². The predicted molar refractivity (Wildman–Crippen MR) is 104 cm³/mol. The van der Waals surface area contributed by atoms with E-state index >= 15 is 0 Å². The lowest BCUT2D eigenvalue weighted by Gasteiger charge is -2.02.